The van der Waals surface area contributed by atoms with Gasteiger partial charge in [0.25, 0.3) is 5.91 Å². The lowest BCUT2D eigenvalue weighted by Gasteiger charge is -2.32. The number of halogens is 1. The smallest absolute Gasteiger partial charge is 0.255 e. The summed E-state index contributed by atoms with van der Waals surface area (Å²) < 4.78 is 34.1. The molecule has 8 heteroatoms. The lowest BCUT2D eigenvalue weighted by Crippen LogP contribution is -2.40. The van der Waals surface area contributed by atoms with E-state index in [1.807, 2.05) is 30.3 Å². The van der Waals surface area contributed by atoms with Gasteiger partial charge in [-0.3, -0.25) is 4.79 Å². The number of nitrogens with one attached hydrogen (secondary N) is 1. The topological polar surface area (TPSA) is 75.7 Å². The molecule has 2 aliphatic rings. The van der Waals surface area contributed by atoms with Gasteiger partial charge in [0.2, 0.25) is 10.0 Å². The Morgan fingerprint density at radius 3 is 2.43 bits per heavy atom. The Morgan fingerprint density at radius 2 is 1.77 bits per heavy atom. The van der Waals surface area contributed by atoms with E-state index in [0.717, 1.165) is 31.4 Å². The summed E-state index contributed by atoms with van der Waals surface area (Å²) in [6, 6.07) is 14.4. The predicted octanol–water partition coefficient (Wildman–Crippen LogP) is 3.82. The van der Waals surface area contributed by atoms with Gasteiger partial charge in [-0.15, -0.1) is 0 Å². The molecular weight excluding hydrogens is 468 g/mol. The van der Waals surface area contributed by atoms with Crippen LogP contribution in [-0.4, -0.2) is 45.0 Å². The van der Waals surface area contributed by atoms with Crippen LogP contribution >= 0.6 is 15.9 Å². The fourth-order valence-electron chi connectivity index (χ4n) is 3.53. The molecule has 2 fully saturated rings. The van der Waals surface area contributed by atoms with Crippen LogP contribution in [0, 0.1) is 5.92 Å². The zero-order valence-electron chi connectivity index (χ0n) is 16.6. The van der Waals surface area contributed by atoms with Crippen LogP contribution in [0.15, 0.2) is 57.9 Å². The number of ether oxygens (including phenoxy) is 1. The van der Waals surface area contributed by atoms with Gasteiger partial charge < -0.3 is 9.64 Å². The maximum Gasteiger partial charge on any atom is 0.255 e. The zero-order valence-corrected chi connectivity index (χ0v) is 19.0. The molecule has 0 unspecified atom stereocenters. The van der Waals surface area contributed by atoms with Crippen molar-refractivity contribution in [3.05, 3.63) is 58.6 Å². The Kier molecular flexibility index (Phi) is 6.46. The highest BCUT2D eigenvalue weighted by atomic mass is 79.9. The summed E-state index contributed by atoms with van der Waals surface area (Å²) in [5, 5.41) is 0. The SMILES string of the molecule is O=C(c1cc(S(=O)(=O)NC2CC2)ccc1Br)N1CCC(COc2ccccc2)CC1. The van der Waals surface area contributed by atoms with Gasteiger partial charge in [0.15, 0.2) is 0 Å². The third kappa shape index (κ3) is 5.22. The molecule has 1 saturated carbocycles. The van der Waals surface area contributed by atoms with Crippen LogP contribution < -0.4 is 9.46 Å². The Balaban J connectivity index is 1.37. The molecule has 2 aromatic rings. The number of piperidine rings is 1. The predicted molar refractivity (Wildman–Crippen MR) is 118 cm³/mol. The van der Waals surface area contributed by atoms with Crippen molar-refractivity contribution in [2.75, 3.05) is 19.7 Å². The van der Waals surface area contributed by atoms with Crippen LogP contribution in [0.5, 0.6) is 5.75 Å². The van der Waals surface area contributed by atoms with Crippen molar-refractivity contribution in [3.63, 3.8) is 0 Å². The number of carbonyl (C=O) groups excluding carboxylic acids is 1. The third-order valence-corrected chi connectivity index (χ3v) is 7.72. The van der Waals surface area contributed by atoms with Crippen LogP contribution in [0.2, 0.25) is 0 Å². The minimum atomic E-state index is -3.60. The first-order valence-electron chi connectivity index (χ1n) is 10.2. The molecule has 1 aliphatic carbocycles. The molecule has 30 heavy (non-hydrogen) atoms. The van der Waals surface area contributed by atoms with E-state index in [0.29, 0.717) is 35.7 Å². The van der Waals surface area contributed by atoms with Gasteiger partial charge in [0.1, 0.15) is 5.75 Å². The summed E-state index contributed by atoms with van der Waals surface area (Å²) in [5.74, 6) is 1.11. The van der Waals surface area contributed by atoms with E-state index >= 15 is 0 Å². The molecule has 1 amide bonds. The van der Waals surface area contributed by atoms with Gasteiger partial charge in [-0.05, 0) is 77.9 Å². The van der Waals surface area contributed by atoms with E-state index in [4.69, 9.17) is 4.74 Å². The maximum absolute atomic E-state index is 13.1. The Labute approximate surface area is 185 Å². The van der Waals surface area contributed by atoms with Gasteiger partial charge in [-0.2, -0.15) is 0 Å². The van der Waals surface area contributed by atoms with Crippen LogP contribution in [0.1, 0.15) is 36.0 Å². The average Bonchev–Trinajstić information content (AvgIpc) is 3.56. The first-order chi connectivity index (χ1) is 14.4. The van der Waals surface area contributed by atoms with Crippen molar-refractivity contribution >= 4 is 31.9 Å². The van der Waals surface area contributed by atoms with Crippen LogP contribution in [0.3, 0.4) is 0 Å². The molecular formula is C22H25BrN2O4S. The second-order valence-electron chi connectivity index (χ2n) is 7.90. The van der Waals surface area contributed by atoms with E-state index in [-0.39, 0.29) is 16.8 Å². The molecule has 0 spiro atoms. The van der Waals surface area contributed by atoms with Crippen molar-refractivity contribution in [1.29, 1.82) is 0 Å². The van der Waals surface area contributed by atoms with Gasteiger partial charge in [-0.1, -0.05) is 18.2 Å². The number of nitrogens with zero attached hydrogens (tertiary/aromatic N) is 1. The number of benzene rings is 2. The monoisotopic (exact) mass is 492 g/mol. The number of hydrogen-bond donors (Lipinski definition) is 1. The number of likely N-dealkylation sites (tertiary alicyclic amines) is 1. The zero-order chi connectivity index (χ0) is 21.1. The molecule has 0 radical (unpaired) electrons. The summed E-state index contributed by atoms with van der Waals surface area (Å²) in [6.45, 7) is 1.90. The fraction of sp³-hybridized carbons (Fsp3) is 0.409. The second kappa shape index (κ2) is 9.08. The molecule has 1 heterocycles. The molecule has 0 aromatic heterocycles. The lowest BCUT2D eigenvalue weighted by atomic mass is 9.97. The normalized spacial score (nSPS) is 17.7. The number of hydrogen-bond acceptors (Lipinski definition) is 4. The van der Waals surface area contributed by atoms with E-state index < -0.39 is 10.0 Å². The minimum Gasteiger partial charge on any atom is -0.493 e. The molecule has 0 bridgehead atoms. The minimum absolute atomic E-state index is 0.0231. The molecule has 4 rings (SSSR count). The maximum atomic E-state index is 13.1. The Bertz CT molecular complexity index is 1000. The molecule has 1 N–H and O–H groups in total. The quantitative estimate of drug-likeness (QED) is 0.637. The van der Waals surface area contributed by atoms with Crippen molar-refractivity contribution in [1.82, 2.24) is 9.62 Å². The lowest BCUT2D eigenvalue weighted by molar-refractivity contribution is 0.0660. The highest BCUT2D eigenvalue weighted by Crippen LogP contribution is 2.27. The second-order valence-corrected chi connectivity index (χ2v) is 10.5. The van der Waals surface area contributed by atoms with Crippen molar-refractivity contribution in [3.8, 4) is 5.75 Å². The van der Waals surface area contributed by atoms with E-state index in [2.05, 4.69) is 20.7 Å². The summed E-state index contributed by atoms with van der Waals surface area (Å²) in [7, 11) is -3.60. The summed E-state index contributed by atoms with van der Waals surface area (Å²) in [5.41, 5.74) is 0.382. The Morgan fingerprint density at radius 1 is 1.07 bits per heavy atom. The van der Waals surface area contributed by atoms with Crippen LogP contribution in [0.4, 0.5) is 0 Å². The third-order valence-electron chi connectivity index (χ3n) is 5.51. The highest BCUT2D eigenvalue weighted by Gasteiger charge is 2.30. The molecule has 0 atom stereocenters. The number of amides is 1. The number of sulfonamides is 1. The first kappa shape index (κ1) is 21.3. The largest absolute Gasteiger partial charge is 0.493 e. The highest BCUT2D eigenvalue weighted by molar-refractivity contribution is 9.10. The van der Waals surface area contributed by atoms with Gasteiger partial charge in [0.05, 0.1) is 17.1 Å². The Hall–Kier alpha value is -1.90. The molecule has 160 valence electrons. The van der Waals surface area contributed by atoms with Gasteiger partial charge in [-0.25, -0.2) is 13.1 Å². The average molecular weight is 493 g/mol. The summed E-state index contributed by atoms with van der Waals surface area (Å²) in [6.07, 6.45) is 3.45. The van der Waals surface area contributed by atoms with Crippen molar-refractivity contribution < 1.29 is 17.9 Å². The van der Waals surface area contributed by atoms with E-state index in [1.165, 1.54) is 12.1 Å². The van der Waals surface area contributed by atoms with Crippen molar-refractivity contribution in [2.45, 2.75) is 36.6 Å². The number of para-hydroxylation sites is 1. The molecule has 1 aliphatic heterocycles. The van der Waals surface area contributed by atoms with E-state index in [1.54, 1.807) is 11.0 Å². The first-order valence-corrected chi connectivity index (χ1v) is 12.5. The summed E-state index contributed by atoms with van der Waals surface area (Å²) >= 11 is 3.41. The van der Waals surface area contributed by atoms with Gasteiger partial charge >= 0.3 is 0 Å². The van der Waals surface area contributed by atoms with Gasteiger partial charge in [0, 0.05) is 23.6 Å². The van der Waals surface area contributed by atoms with E-state index in [9.17, 15) is 13.2 Å². The number of rotatable bonds is 7. The standard InChI is InChI=1S/C22H25BrN2O4S/c23-21-9-8-19(30(27,28)24-17-6-7-17)14-20(21)22(26)25-12-10-16(11-13-25)15-29-18-4-2-1-3-5-18/h1-5,8-9,14,16-17,24H,6-7,10-13,15H2. The molecule has 6 nitrogen and oxygen atoms in total. The molecule has 2 aromatic carbocycles. The fourth-order valence-corrected chi connectivity index (χ4v) is 5.27. The van der Waals surface area contributed by atoms with Crippen molar-refractivity contribution in [2.24, 2.45) is 5.92 Å². The summed E-state index contributed by atoms with van der Waals surface area (Å²) in [4.78, 5) is 15.0. The van der Waals surface area contributed by atoms with Crippen LogP contribution in [-0.2, 0) is 10.0 Å². The molecule has 1 saturated heterocycles. The number of carbonyl (C=O) groups is 1. The van der Waals surface area contributed by atoms with Crippen LogP contribution in [0.25, 0.3) is 0 Å².